The van der Waals surface area contributed by atoms with Crippen molar-refractivity contribution in [3.05, 3.63) is 12.7 Å². The number of amides is 4. The summed E-state index contributed by atoms with van der Waals surface area (Å²) in [6.07, 6.45) is 2.97. The zero-order chi connectivity index (χ0) is 21.1. The molecule has 8 nitrogen and oxygen atoms in total. The smallest absolute Gasteiger partial charge is 0.320 e. The van der Waals surface area contributed by atoms with Crippen LogP contribution in [0.5, 0.6) is 0 Å². The number of nitrogens with two attached hydrogens (primary N) is 1. The number of hydrogen-bond acceptors (Lipinski definition) is 4. The van der Waals surface area contributed by atoms with Crippen LogP contribution in [0.4, 0.5) is 4.79 Å². The van der Waals surface area contributed by atoms with E-state index >= 15 is 0 Å². The fourth-order valence-corrected chi connectivity index (χ4v) is 4.72. The summed E-state index contributed by atoms with van der Waals surface area (Å²) in [6.45, 7) is 13.8. The van der Waals surface area contributed by atoms with Gasteiger partial charge in [-0.05, 0) is 31.4 Å². The first kappa shape index (κ1) is 22.2. The summed E-state index contributed by atoms with van der Waals surface area (Å²) in [4.78, 5) is 44.4. The highest BCUT2D eigenvalue weighted by Gasteiger charge is 2.45. The van der Waals surface area contributed by atoms with E-state index in [1.165, 1.54) is 11.0 Å². The van der Waals surface area contributed by atoms with Gasteiger partial charge in [0.1, 0.15) is 6.04 Å². The Morgan fingerprint density at radius 2 is 1.75 bits per heavy atom. The van der Waals surface area contributed by atoms with Crippen LogP contribution in [0.1, 0.15) is 33.6 Å². The van der Waals surface area contributed by atoms with E-state index in [0.717, 1.165) is 25.9 Å². The van der Waals surface area contributed by atoms with Crippen molar-refractivity contribution < 1.29 is 14.4 Å². The fourth-order valence-electron chi connectivity index (χ4n) is 4.72. The Bertz CT molecular complexity index is 613. The molecule has 0 aromatic rings. The average molecular weight is 394 g/mol. The lowest BCUT2D eigenvalue weighted by atomic mass is 9.83. The molecule has 1 atom stereocenters. The van der Waals surface area contributed by atoms with Gasteiger partial charge >= 0.3 is 6.03 Å². The highest BCUT2D eigenvalue weighted by Crippen LogP contribution is 2.33. The second-order valence-electron chi connectivity index (χ2n) is 8.24. The van der Waals surface area contributed by atoms with Crippen molar-refractivity contribution in [2.75, 3.05) is 46.3 Å². The molecule has 8 heteroatoms. The Morgan fingerprint density at radius 1 is 1.14 bits per heavy atom. The van der Waals surface area contributed by atoms with E-state index < -0.39 is 11.9 Å². The summed E-state index contributed by atoms with van der Waals surface area (Å²) in [6, 6.07) is -0.781. The van der Waals surface area contributed by atoms with Gasteiger partial charge < -0.3 is 20.4 Å². The number of hydrogen-bond donors (Lipinski definition) is 1. The summed E-state index contributed by atoms with van der Waals surface area (Å²) in [5.41, 5.74) is 5.40. The highest BCUT2D eigenvalue weighted by atomic mass is 16.2. The number of nitrogens with zero attached hydrogens (tertiary/aromatic N) is 4. The molecule has 2 aliphatic rings. The highest BCUT2D eigenvalue weighted by molar-refractivity contribution is 5.87. The van der Waals surface area contributed by atoms with Crippen LogP contribution in [0.2, 0.25) is 0 Å². The molecule has 2 aliphatic heterocycles. The van der Waals surface area contributed by atoms with Gasteiger partial charge in [0.05, 0.1) is 0 Å². The second-order valence-corrected chi connectivity index (χ2v) is 8.24. The van der Waals surface area contributed by atoms with Crippen LogP contribution < -0.4 is 5.73 Å². The third-order valence-electron chi connectivity index (χ3n) is 6.27. The summed E-state index contributed by atoms with van der Waals surface area (Å²) >= 11 is 0. The predicted molar refractivity (Wildman–Crippen MR) is 109 cm³/mol. The first-order chi connectivity index (χ1) is 13.2. The van der Waals surface area contributed by atoms with Gasteiger partial charge in [0.25, 0.3) is 0 Å². The average Bonchev–Trinajstić information content (AvgIpc) is 2.66. The van der Waals surface area contributed by atoms with E-state index in [4.69, 9.17) is 5.73 Å². The minimum absolute atomic E-state index is 0.0328. The molecule has 4 amide bonds. The third-order valence-corrected chi connectivity index (χ3v) is 6.27. The van der Waals surface area contributed by atoms with E-state index in [-0.39, 0.29) is 23.4 Å². The quantitative estimate of drug-likeness (QED) is 0.698. The maximum absolute atomic E-state index is 12.9. The van der Waals surface area contributed by atoms with Crippen molar-refractivity contribution in [3.63, 3.8) is 0 Å². The SMILES string of the molecule is C=CC(=O)N1CCN(CC)C2(CCN(C(=O)N(C)[C@H](C(N)=O)C(C)C)CC2)C1. The van der Waals surface area contributed by atoms with Crippen molar-refractivity contribution in [2.45, 2.75) is 45.2 Å². The molecular weight excluding hydrogens is 358 g/mol. The van der Waals surface area contributed by atoms with Crippen molar-refractivity contribution in [3.8, 4) is 0 Å². The van der Waals surface area contributed by atoms with Crippen LogP contribution in [-0.2, 0) is 9.59 Å². The topological polar surface area (TPSA) is 90.2 Å². The minimum atomic E-state index is -0.620. The molecule has 2 rings (SSSR count). The molecule has 0 bridgehead atoms. The van der Waals surface area contributed by atoms with Crippen molar-refractivity contribution in [1.82, 2.24) is 19.6 Å². The first-order valence-electron chi connectivity index (χ1n) is 10.1. The number of likely N-dealkylation sites (N-methyl/N-ethyl adjacent to an activating group) is 2. The first-order valence-corrected chi connectivity index (χ1v) is 10.1. The molecule has 0 aromatic heterocycles. The lowest BCUT2D eigenvalue weighted by Gasteiger charge is -2.54. The van der Waals surface area contributed by atoms with Gasteiger partial charge in [-0.3, -0.25) is 14.5 Å². The number of likely N-dealkylation sites (tertiary alicyclic amines) is 1. The van der Waals surface area contributed by atoms with Gasteiger partial charge in [-0.1, -0.05) is 27.4 Å². The standard InChI is InChI=1S/C20H35N5O3/c1-6-16(26)24-12-13-25(7-2)20(14-24)8-10-23(11-9-20)19(28)22(5)17(15(3)4)18(21)27/h6,15,17H,1,7-14H2,2-5H3,(H2,21,27)/t17-/m0/s1. The normalized spacial score (nSPS) is 20.9. The molecule has 0 unspecified atom stereocenters. The molecular formula is C20H35N5O3. The monoisotopic (exact) mass is 393 g/mol. The molecule has 2 saturated heterocycles. The largest absolute Gasteiger partial charge is 0.368 e. The minimum Gasteiger partial charge on any atom is -0.368 e. The molecule has 0 aliphatic carbocycles. The van der Waals surface area contributed by atoms with Crippen molar-refractivity contribution in [1.29, 1.82) is 0 Å². The van der Waals surface area contributed by atoms with E-state index in [0.29, 0.717) is 26.2 Å². The number of piperazine rings is 1. The second kappa shape index (κ2) is 8.94. The summed E-state index contributed by atoms with van der Waals surface area (Å²) < 4.78 is 0. The number of primary amides is 1. The van der Waals surface area contributed by atoms with E-state index in [1.807, 2.05) is 18.7 Å². The van der Waals surface area contributed by atoms with Crippen molar-refractivity contribution >= 4 is 17.8 Å². The number of urea groups is 1. The van der Waals surface area contributed by atoms with Crippen LogP contribution >= 0.6 is 0 Å². The summed E-state index contributed by atoms with van der Waals surface area (Å²) in [7, 11) is 1.64. The molecule has 2 heterocycles. The van der Waals surface area contributed by atoms with Gasteiger partial charge in [0.2, 0.25) is 11.8 Å². The predicted octanol–water partition coefficient (Wildman–Crippen LogP) is 0.733. The molecule has 0 saturated carbocycles. The van der Waals surface area contributed by atoms with Gasteiger partial charge in [0, 0.05) is 45.3 Å². The van der Waals surface area contributed by atoms with Crippen LogP contribution in [0.3, 0.4) is 0 Å². The molecule has 0 aromatic carbocycles. The van der Waals surface area contributed by atoms with Crippen LogP contribution in [0.15, 0.2) is 12.7 Å². The third kappa shape index (κ3) is 4.32. The number of piperidine rings is 1. The van der Waals surface area contributed by atoms with Gasteiger partial charge in [0.15, 0.2) is 0 Å². The molecule has 158 valence electrons. The van der Waals surface area contributed by atoms with E-state index in [9.17, 15) is 14.4 Å². The Kier molecular flexibility index (Phi) is 7.09. The lowest BCUT2D eigenvalue weighted by Crippen LogP contribution is -2.67. The van der Waals surface area contributed by atoms with Crippen molar-refractivity contribution in [2.24, 2.45) is 11.7 Å². The van der Waals surface area contributed by atoms with Crippen LogP contribution in [-0.4, -0.2) is 95.3 Å². The zero-order valence-electron chi connectivity index (χ0n) is 17.7. The number of rotatable bonds is 5. The molecule has 2 fully saturated rings. The number of carbonyl (C=O) groups excluding carboxylic acids is 3. The Labute approximate surface area is 168 Å². The Balaban J connectivity index is 2.08. The van der Waals surface area contributed by atoms with Crippen LogP contribution in [0, 0.1) is 5.92 Å². The maximum Gasteiger partial charge on any atom is 0.320 e. The molecule has 2 N–H and O–H groups in total. The molecule has 0 radical (unpaired) electrons. The van der Waals surface area contributed by atoms with E-state index in [1.54, 1.807) is 11.9 Å². The van der Waals surface area contributed by atoms with Gasteiger partial charge in [-0.15, -0.1) is 0 Å². The number of carbonyl (C=O) groups is 3. The summed E-state index contributed by atoms with van der Waals surface area (Å²) in [5.74, 6) is -0.563. The molecule has 1 spiro atoms. The van der Waals surface area contributed by atoms with Crippen LogP contribution in [0.25, 0.3) is 0 Å². The summed E-state index contributed by atoms with van der Waals surface area (Å²) in [5, 5.41) is 0. The zero-order valence-corrected chi connectivity index (χ0v) is 17.7. The van der Waals surface area contributed by atoms with Gasteiger partial charge in [-0.25, -0.2) is 4.79 Å². The Hall–Kier alpha value is -2.09. The Morgan fingerprint density at radius 3 is 2.21 bits per heavy atom. The fraction of sp³-hybridized carbons (Fsp3) is 0.750. The lowest BCUT2D eigenvalue weighted by molar-refractivity contribution is -0.133. The maximum atomic E-state index is 12.9. The van der Waals surface area contributed by atoms with Gasteiger partial charge in [-0.2, -0.15) is 0 Å². The van der Waals surface area contributed by atoms with E-state index in [2.05, 4.69) is 18.4 Å². The molecule has 28 heavy (non-hydrogen) atoms.